The molecule has 3 aromatic rings. The smallest absolute Gasteiger partial charge is 0.251 e. The number of primary amides is 1. The summed E-state index contributed by atoms with van der Waals surface area (Å²) in [6.07, 6.45) is 8.46. The molecule has 2 amide bonds. The van der Waals surface area contributed by atoms with Gasteiger partial charge in [0.2, 0.25) is 5.91 Å². The second-order valence-corrected chi connectivity index (χ2v) is 9.79. The molecule has 0 radical (unpaired) electrons. The van der Waals surface area contributed by atoms with E-state index in [1.807, 2.05) is 0 Å². The highest BCUT2D eigenvalue weighted by Crippen LogP contribution is 2.34. The van der Waals surface area contributed by atoms with E-state index in [9.17, 15) is 18.4 Å². The van der Waals surface area contributed by atoms with Gasteiger partial charge in [-0.1, -0.05) is 12.8 Å². The first-order valence-corrected chi connectivity index (χ1v) is 12.3. The molecule has 2 aliphatic carbocycles. The molecular weight excluding hydrogens is 471 g/mol. The van der Waals surface area contributed by atoms with Gasteiger partial charge in [-0.3, -0.25) is 9.59 Å². The average molecular weight is 500 g/mol. The van der Waals surface area contributed by atoms with Crippen molar-refractivity contribution >= 4 is 28.5 Å². The Balaban J connectivity index is 1.41. The summed E-state index contributed by atoms with van der Waals surface area (Å²) in [6, 6.07) is 2.68. The van der Waals surface area contributed by atoms with Crippen molar-refractivity contribution in [2.45, 2.75) is 63.5 Å². The number of carbonyl (C=O) groups excluding carboxylic acids is 2. The lowest BCUT2D eigenvalue weighted by Gasteiger charge is -2.31. The van der Waals surface area contributed by atoms with Crippen LogP contribution in [0.15, 0.2) is 24.4 Å². The number of halogens is 3. The van der Waals surface area contributed by atoms with E-state index in [4.69, 9.17) is 5.73 Å². The number of nitrogens with two attached hydrogens (primary N) is 1. The van der Waals surface area contributed by atoms with Gasteiger partial charge in [-0.2, -0.15) is 0 Å². The highest BCUT2D eigenvalue weighted by molar-refractivity contribution is 6.04. The summed E-state index contributed by atoms with van der Waals surface area (Å²) in [5.74, 6) is -3.20. The molecule has 10 heteroatoms. The first-order valence-electron chi connectivity index (χ1n) is 12.3. The highest BCUT2D eigenvalue weighted by Gasteiger charge is 2.29. The van der Waals surface area contributed by atoms with Crippen LogP contribution in [0.25, 0.3) is 22.2 Å². The number of benzene rings is 1. The fourth-order valence-electron chi connectivity index (χ4n) is 5.49. The zero-order valence-electron chi connectivity index (χ0n) is 19.7. The minimum atomic E-state index is -0.915. The Morgan fingerprint density at radius 3 is 2.47 bits per heavy atom. The predicted molar refractivity (Wildman–Crippen MR) is 130 cm³/mol. The molecule has 0 bridgehead atoms. The number of rotatable bonds is 6. The lowest BCUT2D eigenvalue weighted by Crippen LogP contribution is -2.43. The van der Waals surface area contributed by atoms with Gasteiger partial charge in [0.15, 0.2) is 11.6 Å². The number of hydrogen-bond donors (Lipinski definition) is 4. The van der Waals surface area contributed by atoms with Gasteiger partial charge in [-0.25, -0.2) is 18.2 Å². The highest BCUT2D eigenvalue weighted by atomic mass is 19.1. The van der Waals surface area contributed by atoms with Crippen molar-refractivity contribution < 1.29 is 22.8 Å². The van der Waals surface area contributed by atoms with Gasteiger partial charge in [-0.15, -0.1) is 0 Å². The van der Waals surface area contributed by atoms with Crippen molar-refractivity contribution in [3.63, 3.8) is 0 Å². The summed E-state index contributed by atoms with van der Waals surface area (Å²) >= 11 is 0. The second-order valence-electron chi connectivity index (χ2n) is 9.79. The van der Waals surface area contributed by atoms with Crippen LogP contribution in [0, 0.1) is 23.4 Å². The van der Waals surface area contributed by atoms with E-state index in [-0.39, 0.29) is 57.5 Å². The van der Waals surface area contributed by atoms with Crippen molar-refractivity contribution in [2.75, 3.05) is 5.32 Å². The molecule has 2 fully saturated rings. The molecule has 7 nitrogen and oxygen atoms in total. The summed E-state index contributed by atoms with van der Waals surface area (Å²) in [5.41, 5.74) is 5.56. The van der Waals surface area contributed by atoms with E-state index in [2.05, 4.69) is 20.6 Å². The number of nitrogens with one attached hydrogen (secondary N) is 3. The fourth-order valence-corrected chi connectivity index (χ4v) is 5.49. The lowest BCUT2D eigenvalue weighted by molar-refractivity contribution is -0.125. The molecule has 5 N–H and O–H groups in total. The Morgan fingerprint density at radius 1 is 0.972 bits per heavy atom. The Labute approximate surface area is 206 Å². The van der Waals surface area contributed by atoms with Gasteiger partial charge in [0.05, 0.1) is 16.8 Å². The van der Waals surface area contributed by atoms with Crippen LogP contribution < -0.4 is 16.4 Å². The zero-order chi connectivity index (χ0) is 25.4. The van der Waals surface area contributed by atoms with Crippen LogP contribution in [0.2, 0.25) is 0 Å². The maximum atomic E-state index is 15.0. The van der Waals surface area contributed by atoms with Crippen molar-refractivity contribution in [2.24, 2.45) is 11.7 Å². The van der Waals surface area contributed by atoms with Gasteiger partial charge in [0, 0.05) is 41.2 Å². The summed E-state index contributed by atoms with van der Waals surface area (Å²) in [6.45, 7) is 0. The minimum Gasteiger partial charge on any atom is -0.366 e. The molecule has 0 saturated heterocycles. The predicted octanol–water partition coefficient (Wildman–Crippen LogP) is 4.78. The summed E-state index contributed by atoms with van der Waals surface area (Å²) < 4.78 is 43.2. The molecule has 0 unspecified atom stereocenters. The third kappa shape index (κ3) is 4.76. The molecule has 1 aromatic carbocycles. The summed E-state index contributed by atoms with van der Waals surface area (Å²) in [7, 11) is 0. The zero-order valence-corrected chi connectivity index (χ0v) is 19.7. The maximum Gasteiger partial charge on any atom is 0.251 e. The van der Waals surface area contributed by atoms with Crippen molar-refractivity contribution in [1.82, 2.24) is 15.3 Å². The monoisotopic (exact) mass is 499 g/mol. The normalized spacial score (nSPS) is 20.5. The molecule has 0 spiro atoms. The minimum absolute atomic E-state index is 0.0173. The van der Waals surface area contributed by atoms with Crippen LogP contribution in [0.3, 0.4) is 0 Å². The van der Waals surface area contributed by atoms with Crippen LogP contribution in [-0.2, 0) is 4.79 Å². The standard InChI is InChI=1S/C26H28F3N5O2/c27-14-8-17-19(12-31-23(17)20(28)9-14)22-18(24(30)35)11-21(29)25(34-22)32-15-6-3-7-16(10-15)33-26(36)13-4-1-2-5-13/h8-9,11-13,15-16,31H,1-7,10H2,(H2,30,35)(H,32,34)(H,33,36)/t15-,16+/m0/s1. The first kappa shape index (κ1) is 24.1. The third-order valence-corrected chi connectivity index (χ3v) is 7.29. The molecule has 0 aliphatic heterocycles. The van der Waals surface area contributed by atoms with Gasteiger partial charge in [0.1, 0.15) is 11.6 Å². The van der Waals surface area contributed by atoms with Crippen LogP contribution in [0.1, 0.15) is 61.7 Å². The van der Waals surface area contributed by atoms with Gasteiger partial charge < -0.3 is 21.4 Å². The Kier molecular flexibility index (Phi) is 6.59. The second kappa shape index (κ2) is 9.83. The summed E-state index contributed by atoms with van der Waals surface area (Å²) in [5, 5.41) is 6.42. The molecule has 5 rings (SSSR count). The first-order chi connectivity index (χ1) is 17.3. The maximum absolute atomic E-state index is 15.0. The number of aromatic nitrogens is 2. The van der Waals surface area contributed by atoms with Crippen LogP contribution in [0.4, 0.5) is 19.0 Å². The van der Waals surface area contributed by atoms with Gasteiger partial charge in [0.25, 0.3) is 5.91 Å². The summed E-state index contributed by atoms with van der Waals surface area (Å²) in [4.78, 5) is 31.7. The SMILES string of the molecule is NC(=O)c1cc(F)c(N[C@H]2CCC[C@@H](NC(=O)C3CCCC3)C2)nc1-c1c[nH]c2c(F)cc(F)cc12. The number of aromatic amines is 1. The Bertz CT molecular complexity index is 1320. The van der Waals surface area contributed by atoms with E-state index < -0.39 is 23.4 Å². The average Bonchev–Trinajstić information content (AvgIpc) is 3.51. The fraction of sp³-hybridized carbons (Fsp3) is 0.423. The van der Waals surface area contributed by atoms with Gasteiger partial charge in [-0.05, 0) is 50.7 Å². The quantitative estimate of drug-likeness (QED) is 0.391. The van der Waals surface area contributed by atoms with Crippen molar-refractivity contribution in [1.29, 1.82) is 0 Å². The lowest BCUT2D eigenvalue weighted by atomic mass is 9.90. The number of carbonyl (C=O) groups is 2. The van der Waals surface area contributed by atoms with Gasteiger partial charge >= 0.3 is 0 Å². The van der Waals surface area contributed by atoms with E-state index in [1.54, 1.807) is 0 Å². The number of amides is 2. The molecule has 190 valence electrons. The topological polar surface area (TPSA) is 113 Å². The van der Waals surface area contributed by atoms with Crippen LogP contribution in [-0.4, -0.2) is 33.9 Å². The number of anilines is 1. The van der Waals surface area contributed by atoms with E-state index in [0.29, 0.717) is 6.42 Å². The number of nitrogens with zero attached hydrogens (tertiary/aromatic N) is 1. The molecule has 36 heavy (non-hydrogen) atoms. The molecule has 2 aliphatic rings. The number of fused-ring (bicyclic) bond motifs is 1. The molecular formula is C26H28F3N5O2. The Hall–Kier alpha value is -3.56. The van der Waals surface area contributed by atoms with Crippen molar-refractivity contribution in [3.05, 3.63) is 47.4 Å². The largest absolute Gasteiger partial charge is 0.366 e. The van der Waals surface area contributed by atoms with E-state index in [1.165, 1.54) is 6.20 Å². The number of pyridine rings is 1. The molecule has 2 heterocycles. The molecule has 2 atom stereocenters. The Morgan fingerprint density at radius 2 is 1.72 bits per heavy atom. The van der Waals surface area contributed by atoms with Crippen LogP contribution in [0.5, 0.6) is 0 Å². The molecule has 2 aromatic heterocycles. The van der Waals surface area contributed by atoms with E-state index >= 15 is 4.39 Å². The van der Waals surface area contributed by atoms with Crippen LogP contribution >= 0.6 is 0 Å². The third-order valence-electron chi connectivity index (χ3n) is 7.29. The number of H-pyrrole nitrogens is 1. The number of hydrogen-bond acceptors (Lipinski definition) is 4. The van der Waals surface area contributed by atoms with E-state index in [0.717, 1.165) is 63.1 Å². The molecule has 2 saturated carbocycles. The van der Waals surface area contributed by atoms with Crippen molar-refractivity contribution in [3.8, 4) is 11.3 Å².